The number of hydrogen-bond donors (Lipinski definition) is 0. The molecular weight excluding hydrogens is 252 g/mol. The molecule has 0 amide bonds. The van der Waals surface area contributed by atoms with Crippen molar-refractivity contribution < 1.29 is 14.3 Å². The molecule has 1 unspecified atom stereocenters. The third kappa shape index (κ3) is 16.9. The van der Waals surface area contributed by atoms with Crippen molar-refractivity contribution in [3.8, 4) is 0 Å². The maximum absolute atomic E-state index is 9.82. The van der Waals surface area contributed by atoms with Crippen LogP contribution in [0.4, 0.5) is 0 Å². The van der Waals surface area contributed by atoms with Gasteiger partial charge in [-0.2, -0.15) is 0 Å². The lowest BCUT2D eigenvalue weighted by Gasteiger charge is -2.10. The molecule has 0 saturated carbocycles. The van der Waals surface area contributed by atoms with Crippen LogP contribution in [0.5, 0.6) is 0 Å². The largest absolute Gasteiger partial charge is 0.466 e. The van der Waals surface area contributed by atoms with Gasteiger partial charge in [0, 0.05) is 14.0 Å². The predicted octanol–water partition coefficient (Wildman–Crippen LogP) is 4.53. The Balaban J connectivity index is 0. The van der Waals surface area contributed by atoms with E-state index in [1.54, 1.807) is 14.0 Å². The van der Waals surface area contributed by atoms with Gasteiger partial charge in [-0.3, -0.25) is 4.79 Å². The minimum Gasteiger partial charge on any atom is -0.466 e. The lowest BCUT2D eigenvalue weighted by molar-refractivity contribution is -0.140. The van der Waals surface area contributed by atoms with Crippen LogP contribution in [0.2, 0.25) is 0 Å². The Bertz CT molecular complexity index is 280. The maximum atomic E-state index is 9.82. The molecule has 0 heterocycles. The van der Waals surface area contributed by atoms with Crippen LogP contribution in [0.15, 0.2) is 23.8 Å². The van der Waals surface area contributed by atoms with Crippen LogP contribution in [-0.2, 0) is 14.3 Å². The van der Waals surface area contributed by atoms with E-state index >= 15 is 0 Å². The van der Waals surface area contributed by atoms with Crippen molar-refractivity contribution in [2.75, 3.05) is 20.3 Å². The van der Waals surface area contributed by atoms with Gasteiger partial charge >= 0.3 is 5.97 Å². The number of ether oxygens (including phenoxy) is 2. The first-order valence-electron chi connectivity index (χ1n) is 7.43. The van der Waals surface area contributed by atoms with Gasteiger partial charge in [0.25, 0.3) is 0 Å². The number of esters is 1. The molecule has 1 atom stereocenters. The van der Waals surface area contributed by atoms with Crippen LogP contribution in [0, 0.1) is 5.92 Å². The molecule has 0 fully saturated rings. The van der Waals surface area contributed by atoms with Crippen LogP contribution in [0.3, 0.4) is 0 Å². The second-order valence-electron chi connectivity index (χ2n) is 4.69. The fourth-order valence-corrected chi connectivity index (χ4v) is 1.58. The van der Waals surface area contributed by atoms with Crippen molar-refractivity contribution in [2.24, 2.45) is 5.92 Å². The Labute approximate surface area is 125 Å². The molecule has 0 aliphatic heterocycles. The first-order valence-corrected chi connectivity index (χ1v) is 7.43. The summed E-state index contributed by atoms with van der Waals surface area (Å²) < 4.78 is 9.34. The third-order valence-corrected chi connectivity index (χ3v) is 2.85. The highest BCUT2D eigenvalue weighted by Crippen LogP contribution is 2.16. The molecule has 0 saturated heterocycles. The third-order valence-electron chi connectivity index (χ3n) is 2.85. The number of carbonyl (C=O) groups excluding carboxylic acids is 1. The van der Waals surface area contributed by atoms with Gasteiger partial charge in [-0.1, -0.05) is 37.6 Å². The quantitative estimate of drug-likeness (QED) is 0.485. The fraction of sp³-hybridized carbons (Fsp3) is 0.706. The van der Waals surface area contributed by atoms with Gasteiger partial charge in [0.1, 0.15) is 0 Å². The van der Waals surface area contributed by atoms with Crippen LogP contribution in [-0.4, -0.2) is 26.3 Å². The normalized spacial score (nSPS) is 12.8. The zero-order valence-corrected chi connectivity index (χ0v) is 14.1. The predicted molar refractivity (Wildman–Crippen MR) is 85.8 cm³/mol. The fourth-order valence-electron chi connectivity index (χ4n) is 1.58. The van der Waals surface area contributed by atoms with Crippen molar-refractivity contribution in [3.05, 3.63) is 23.8 Å². The van der Waals surface area contributed by atoms with Crippen LogP contribution < -0.4 is 0 Å². The summed E-state index contributed by atoms with van der Waals surface area (Å²) in [6, 6.07) is 0. The van der Waals surface area contributed by atoms with E-state index in [1.807, 2.05) is 0 Å². The van der Waals surface area contributed by atoms with E-state index in [-0.39, 0.29) is 5.97 Å². The van der Waals surface area contributed by atoms with Crippen LogP contribution in [0.25, 0.3) is 0 Å². The molecule has 3 heteroatoms. The maximum Gasteiger partial charge on any atom is 0.302 e. The second-order valence-corrected chi connectivity index (χ2v) is 4.69. The van der Waals surface area contributed by atoms with Crippen molar-refractivity contribution in [1.29, 1.82) is 0 Å². The minimum absolute atomic E-state index is 0.211. The molecule has 20 heavy (non-hydrogen) atoms. The van der Waals surface area contributed by atoms with Crippen LogP contribution in [0.1, 0.15) is 53.9 Å². The molecule has 0 aromatic rings. The summed E-state index contributed by atoms with van der Waals surface area (Å²) in [5.41, 5.74) is 1.52. The zero-order valence-electron chi connectivity index (χ0n) is 14.1. The number of rotatable bonds is 8. The van der Waals surface area contributed by atoms with E-state index in [0.29, 0.717) is 12.5 Å². The average Bonchev–Trinajstić information content (AvgIpc) is 2.39. The van der Waals surface area contributed by atoms with Gasteiger partial charge in [-0.05, 0) is 39.0 Å². The topological polar surface area (TPSA) is 35.5 Å². The van der Waals surface area contributed by atoms with Crippen molar-refractivity contribution in [2.45, 2.75) is 53.9 Å². The van der Waals surface area contributed by atoms with E-state index in [2.05, 4.69) is 43.7 Å². The number of hydrogen-bond acceptors (Lipinski definition) is 3. The SMILES string of the molecule is CC/C=C(\C)C(C)CC/C=C/COC.CCOC(C)=O. The first-order chi connectivity index (χ1) is 9.49. The summed E-state index contributed by atoms with van der Waals surface area (Å²) in [5.74, 6) is 0.500. The zero-order chi connectivity index (χ0) is 15.8. The molecule has 0 spiro atoms. The Morgan fingerprint density at radius 1 is 1.20 bits per heavy atom. The molecule has 0 bridgehead atoms. The summed E-state index contributed by atoms with van der Waals surface area (Å²) in [6.45, 7) is 11.1. The average molecular weight is 284 g/mol. The minimum atomic E-state index is -0.211. The van der Waals surface area contributed by atoms with Gasteiger partial charge in [-0.15, -0.1) is 0 Å². The number of methoxy groups -OCH3 is 1. The highest BCUT2D eigenvalue weighted by Gasteiger charge is 2.01. The van der Waals surface area contributed by atoms with E-state index in [0.717, 1.165) is 19.4 Å². The summed E-state index contributed by atoms with van der Waals surface area (Å²) in [5, 5.41) is 0. The highest BCUT2D eigenvalue weighted by atomic mass is 16.5. The monoisotopic (exact) mass is 284 g/mol. The molecule has 0 rings (SSSR count). The van der Waals surface area contributed by atoms with Gasteiger partial charge in [-0.25, -0.2) is 0 Å². The van der Waals surface area contributed by atoms with Gasteiger partial charge in [0.2, 0.25) is 0 Å². The first kappa shape index (κ1) is 21.2. The van der Waals surface area contributed by atoms with E-state index in [9.17, 15) is 4.79 Å². The second kappa shape index (κ2) is 16.0. The lowest BCUT2D eigenvalue weighted by atomic mass is 9.96. The standard InChI is InChI=1S/C13H24O.C4H8O2/c1-5-9-12(2)13(3)10-7-6-8-11-14-4;1-3-6-4(2)5/h6,8-9,13H,5,7,10-11H2,1-4H3;3H2,1-2H3/b8-6+,12-9+;. The Hall–Kier alpha value is -1.09. The summed E-state index contributed by atoms with van der Waals surface area (Å²) in [6.07, 6.45) is 10.2. The molecular formula is C17H32O3. The van der Waals surface area contributed by atoms with E-state index < -0.39 is 0 Å². The molecule has 3 nitrogen and oxygen atoms in total. The summed E-state index contributed by atoms with van der Waals surface area (Å²) >= 11 is 0. The number of carbonyl (C=O) groups is 1. The van der Waals surface area contributed by atoms with Crippen molar-refractivity contribution in [3.63, 3.8) is 0 Å². The Kier molecular flexibility index (Phi) is 16.9. The molecule has 0 aliphatic rings. The van der Waals surface area contributed by atoms with Gasteiger partial charge in [0.15, 0.2) is 0 Å². The summed E-state index contributed by atoms with van der Waals surface area (Å²) in [7, 11) is 1.72. The lowest BCUT2D eigenvalue weighted by Crippen LogP contribution is -1.95. The molecule has 0 aromatic heterocycles. The Morgan fingerprint density at radius 2 is 1.85 bits per heavy atom. The molecule has 0 aromatic carbocycles. The smallest absolute Gasteiger partial charge is 0.302 e. The molecule has 0 N–H and O–H groups in total. The van der Waals surface area contributed by atoms with Gasteiger partial charge in [0.05, 0.1) is 13.2 Å². The van der Waals surface area contributed by atoms with E-state index in [4.69, 9.17) is 4.74 Å². The highest BCUT2D eigenvalue weighted by molar-refractivity contribution is 5.65. The van der Waals surface area contributed by atoms with Gasteiger partial charge < -0.3 is 9.47 Å². The molecule has 0 aliphatic carbocycles. The summed E-state index contributed by atoms with van der Waals surface area (Å²) in [4.78, 5) is 9.82. The van der Waals surface area contributed by atoms with Crippen molar-refractivity contribution in [1.82, 2.24) is 0 Å². The molecule has 0 radical (unpaired) electrons. The van der Waals surface area contributed by atoms with E-state index in [1.165, 1.54) is 18.9 Å². The molecule has 118 valence electrons. The number of allylic oxidation sites excluding steroid dienone is 3. The van der Waals surface area contributed by atoms with Crippen molar-refractivity contribution >= 4 is 5.97 Å². The Morgan fingerprint density at radius 3 is 2.25 bits per heavy atom. The van der Waals surface area contributed by atoms with Crippen LogP contribution >= 0.6 is 0 Å².